The topological polar surface area (TPSA) is 93.3 Å². The number of nitro groups is 1. The summed E-state index contributed by atoms with van der Waals surface area (Å²) in [5.41, 5.74) is 0.693. The van der Waals surface area contributed by atoms with Crippen LogP contribution in [0, 0.1) is 10.1 Å². The lowest BCUT2D eigenvalue weighted by Crippen LogP contribution is -1.99. The van der Waals surface area contributed by atoms with E-state index in [0.717, 1.165) is 4.90 Å². The Morgan fingerprint density at radius 3 is 2.60 bits per heavy atom. The van der Waals surface area contributed by atoms with Crippen LogP contribution in [0.15, 0.2) is 52.5 Å². The monoisotopic (exact) mass is 290 g/mol. The molecule has 7 heteroatoms. The molecule has 0 saturated heterocycles. The molecule has 0 aliphatic carbocycles. The Bertz CT molecular complexity index is 643. The highest BCUT2D eigenvalue weighted by molar-refractivity contribution is 7.99. The number of nitrogens with zero attached hydrogens (tertiary/aromatic N) is 2. The molecule has 2 aromatic rings. The van der Waals surface area contributed by atoms with Gasteiger partial charge >= 0.3 is 5.97 Å². The minimum atomic E-state index is -0.884. The van der Waals surface area contributed by atoms with Crippen molar-refractivity contribution in [2.45, 2.75) is 16.3 Å². The van der Waals surface area contributed by atoms with E-state index in [0.29, 0.717) is 10.6 Å². The van der Waals surface area contributed by atoms with Crippen LogP contribution in [0.2, 0.25) is 0 Å². The first-order chi connectivity index (χ1) is 9.54. The molecule has 1 N–H and O–H groups in total. The van der Waals surface area contributed by atoms with Crippen molar-refractivity contribution in [2.75, 3.05) is 0 Å². The smallest absolute Gasteiger partial charge is 0.307 e. The van der Waals surface area contributed by atoms with Crippen molar-refractivity contribution in [2.24, 2.45) is 0 Å². The largest absolute Gasteiger partial charge is 0.481 e. The minimum absolute atomic E-state index is 0.00926. The van der Waals surface area contributed by atoms with Crippen molar-refractivity contribution >= 4 is 23.4 Å². The highest BCUT2D eigenvalue weighted by atomic mass is 32.2. The van der Waals surface area contributed by atoms with Crippen molar-refractivity contribution in [3.8, 4) is 0 Å². The lowest BCUT2D eigenvalue weighted by atomic mass is 10.2. The maximum atomic E-state index is 10.7. The molecule has 0 radical (unpaired) electrons. The maximum Gasteiger partial charge on any atom is 0.307 e. The van der Waals surface area contributed by atoms with Gasteiger partial charge in [0.1, 0.15) is 5.03 Å². The molecule has 1 heterocycles. The summed E-state index contributed by atoms with van der Waals surface area (Å²) < 4.78 is 0. The molecule has 0 unspecified atom stereocenters. The van der Waals surface area contributed by atoms with Crippen molar-refractivity contribution in [3.63, 3.8) is 0 Å². The lowest BCUT2D eigenvalue weighted by Gasteiger charge is -2.02. The van der Waals surface area contributed by atoms with Crippen LogP contribution >= 0.6 is 11.8 Å². The normalized spacial score (nSPS) is 10.2. The molecule has 2 rings (SSSR count). The zero-order chi connectivity index (χ0) is 14.5. The molecule has 0 atom stereocenters. The fourth-order valence-electron chi connectivity index (χ4n) is 1.54. The van der Waals surface area contributed by atoms with Crippen LogP contribution in [0.4, 0.5) is 5.69 Å². The highest BCUT2D eigenvalue weighted by Gasteiger charge is 2.08. The number of aliphatic carboxylic acids is 1. The second kappa shape index (κ2) is 6.16. The number of aromatic nitrogens is 1. The molecule has 6 nitrogen and oxygen atoms in total. The van der Waals surface area contributed by atoms with E-state index in [4.69, 9.17) is 5.11 Å². The molecule has 1 aromatic heterocycles. The van der Waals surface area contributed by atoms with E-state index in [2.05, 4.69) is 4.98 Å². The van der Waals surface area contributed by atoms with Crippen molar-refractivity contribution in [1.29, 1.82) is 0 Å². The summed E-state index contributed by atoms with van der Waals surface area (Å²) in [5, 5.41) is 19.9. The second-order valence-corrected chi connectivity index (χ2v) is 5.02. The number of carboxylic acid groups (broad SMARTS) is 1. The fraction of sp³-hybridized carbons (Fsp3) is 0.0769. The van der Waals surface area contributed by atoms with Crippen molar-refractivity contribution < 1.29 is 14.8 Å². The van der Waals surface area contributed by atoms with Gasteiger partial charge in [-0.25, -0.2) is 4.98 Å². The van der Waals surface area contributed by atoms with Gasteiger partial charge in [-0.2, -0.15) is 0 Å². The van der Waals surface area contributed by atoms with Gasteiger partial charge in [-0.15, -0.1) is 0 Å². The van der Waals surface area contributed by atoms with Gasteiger partial charge in [0, 0.05) is 23.2 Å². The summed E-state index contributed by atoms with van der Waals surface area (Å²) in [7, 11) is 0. The summed E-state index contributed by atoms with van der Waals surface area (Å²) in [4.78, 5) is 25.7. The van der Waals surface area contributed by atoms with Crippen LogP contribution in [0.1, 0.15) is 5.56 Å². The summed E-state index contributed by atoms with van der Waals surface area (Å²) in [6.45, 7) is 0. The Kier molecular flexibility index (Phi) is 4.31. The predicted octanol–water partition coefficient (Wildman–Crippen LogP) is 2.77. The molecule has 0 fully saturated rings. The summed E-state index contributed by atoms with van der Waals surface area (Å²) in [6, 6.07) is 9.70. The Morgan fingerprint density at radius 2 is 2.00 bits per heavy atom. The van der Waals surface area contributed by atoms with Gasteiger partial charge in [0.2, 0.25) is 0 Å². The van der Waals surface area contributed by atoms with E-state index in [1.807, 2.05) is 0 Å². The maximum absolute atomic E-state index is 10.7. The van der Waals surface area contributed by atoms with Gasteiger partial charge in [0.05, 0.1) is 11.3 Å². The number of carboxylic acids is 1. The average Bonchev–Trinajstić information content (AvgIpc) is 2.41. The van der Waals surface area contributed by atoms with E-state index < -0.39 is 10.9 Å². The van der Waals surface area contributed by atoms with Crippen LogP contribution in [0.25, 0.3) is 0 Å². The zero-order valence-corrected chi connectivity index (χ0v) is 11.0. The van der Waals surface area contributed by atoms with Crippen LogP contribution in [-0.4, -0.2) is 21.0 Å². The highest BCUT2D eigenvalue weighted by Crippen LogP contribution is 2.28. The third-order valence-electron chi connectivity index (χ3n) is 2.43. The second-order valence-electron chi connectivity index (χ2n) is 3.93. The van der Waals surface area contributed by atoms with Gasteiger partial charge < -0.3 is 5.11 Å². The third-order valence-corrected chi connectivity index (χ3v) is 3.37. The standard InChI is InChI=1S/C13H10N2O4S/c16-13(17)7-9-1-3-11(4-2-9)20-12-8-10(15(18)19)5-6-14-12/h1-6,8H,7H2,(H,16,17). The molecule has 0 spiro atoms. The fourth-order valence-corrected chi connectivity index (χ4v) is 2.35. The lowest BCUT2D eigenvalue weighted by molar-refractivity contribution is -0.385. The van der Waals surface area contributed by atoms with E-state index in [9.17, 15) is 14.9 Å². The molecule has 0 aliphatic rings. The first-order valence-electron chi connectivity index (χ1n) is 5.63. The van der Waals surface area contributed by atoms with Crippen LogP contribution in [-0.2, 0) is 11.2 Å². The summed E-state index contributed by atoms with van der Waals surface area (Å²) in [6.07, 6.45) is 1.36. The molecule has 0 saturated carbocycles. The molecule has 0 amide bonds. The third kappa shape index (κ3) is 3.79. The zero-order valence-electron chi connectivity index (χ0n) is 10.2. The molecule has 0 aliphatic heterocycles. The van der Waals surface area contributed by atoms with Gasteiger partial charge in [-0.1, -0.05) is 23.9 Å². The SMILES string of the molecule is O=C(O)Cc1ccc(Sc2cc([N+](=O)[O-])ccn2)cc1. The van der Waals surface area contributed by atoms with Crippen molar-refractivity contribution in [1.82, 2.24) is 4.98 Å². The summed E-state index contributed by atoms with van der Waals surface area (Å²) in [5.74, 6) is -0.884. The summed E-state index contributed by atoms with van der Waals surface area (Å²) >= 11 is 1.28. The number of hydrogen-bond acceptors (Lipinski definition) is 5. The van der Waals surface area contributed by atoms with Crippen molar-refractivity contribution in [3.05, 3.63) is 58.3 Å². The Morgan fingerprint density at radius 1 is 1.30 bits per heavy atom. The van der Waals surface area contributed by atoms with Gasteiger partial charge in [0.25, 0.3) is 5.69 Å². The molecular formula is C13H10N2O4S. The molecule has 1 aromatic carbocycles. The first-order valence-corrected chi connectivity index (χ1v) is 6.45. The molecule has 0 bridgehead atoms. The number of rotatable bonds is 5. The van der Waals surface area contributed by atoms with E-state index in [-0.39, 0.29) is 12.1 Å². The predicted molar refractivity (Wildman–Crippen MR) is 72.8 cm³/mol. The van der Waals surface area contributed by atoms with Crippen LogP contribution in [0.5, 0.6) is 0 Å². The number of hydrogen-bond donors (Lipinski definition) is 1. The number of benzene rings is 1. The van der Waals surface area contributed by atoms with Gasteiger partial charge in [0.15, 0.2) is 0 Å². The van der Waals surface area contributed by atoms with Gasteiger partial charge in [-0.3, -0.25) is 14.9 Å². The number of pyridine rings is 1. The van der Waals surface area contributed by atoms with E-state index in [1.54, 1.807) is 24.3 Å². The Balaban J connectivity index is 2.11. The minimum Gasteiger partial charge on any atom is -0.481 e. The van der Waals surface area contributed by atoms with E-state index >= 15 is 0 Å². The van der Waals surface area contributed by atoms with Gasteiger partial charge in [-0.05, 0) is 17.7 Å². The molecule has 20 heavy (non-hydrogen) atoms. The quantitative estimate of drug-likeness (QED) is 0.672. The van der Waals surface area contributed by atoms with Crippen LogP contribution < -0.4 is 0 Å². The molecular weight excluding hydrogens is 280 g/mol. The Hall–Kier alpha value is -2.41. The Labute approximate surface area is 118 Å². The van der Waals surface area contributed by atoms with Crippen LogP contribution in [0.3, 0.4) is 0 Å². The van der Waals surface area contributed by atoms with E-state index in [1.165, 1.54) is 30.1 Å². The molecule has 102 valence electrons. The number of carbonyl (C=O) groups is 1. The first kappa shape index (κ1) is 14.0. The average molecular weight is 290 g/mol.